The third kappa shape index (κ3) is 1.19. The molecule has 0 bridgehead atoms. The fraction of sp³-hybridized carbons (Fsp3) is 0. The van der Waals surface area contributed by atoms with Gasteiger partial charge in [0.2, 0.25) is 0 Å². The van der Waals surface area contributed by atoms with E-state index in [1.807, 2.05) is 0 Å². The van der Waals surface area contributed by atoms with Crippen LogP contribution in [0.3, 0.4) is 0 Å². The third-order valence-corrected chi connectivity index (χ3v) is 2.60. The average molecular weight is 259 g/mol. The van der Waals surface area contributed by atoms with Crippen LogP contribution in [0.4, 0.5) is 4.39 Å². The van der Waals surface area contributed by atoms with Gasteiger partial charge in [-0.1, -0.05) is 0 Å². The highest BCUT2D eigenvalue weighted by molar-refractivity contribution is 9.10. The van der Waals surface area contributed by atoms with Gasteiger partial charge in [0.1, 0.15) is 5.82 Å². The van der Waals surface area contributed by atoms with E-state index in [1.165, 1.54) is 12.1 Å². The van der Waals surface area contributed by atoms with Gasteiger partial charge in [-0.2, -0.15) is 5.10 Å². The molecule has 0 aliphatic carbocycles. The number of aromatic amines is 1. The summed E-state index contributed by atoms with van der Waals surface area (Å²) in [5, 5.41) is 15.1. The molecule has 0 amide bonds. The Kier molecular flexibility index (Phi) is 1.99. The van der Waals surface area contributed by atoms with Crippen LogP contribution in [0, 0.1) is 5.82 Å². The van der Waals surface area contributed by atoms with Gasteiger partial charge in [0, 0.05) is 0 Å². The number of hydrogen-bond acceptors (Lipinski definition) is 2. The Balaban J connectivity index is 2.89. The maximum Gasteiger partial charge on any atom is 0.357 e. The second-order valence-corrected chi connectivity index (χ2v) is 3.45. The minimum atomic E-state index is -1.19. The topological polar surface area (TPSA) is 66.0 Å². The van der Waals surface area contributed by atoms with Crippen molar-refractivity contribution in [3.05, 3.63) is 28.1 Å². The number of benzene rings is 1. The molecule has 1 aromatic heterocycles. The zero-order chi connectivity index (χ0) is 10.3. The van der Waals surface area contributed by atoms with Gasteiger partial charge in [-0.3, -0.25) is 5.10 Å². The van der Waals surface area contributed by atoms with Crippen LogP contribution in [-0.2, 0) is 0 Å². The lowest BCUT2D eigenvalue weighted by atomic mass is 10.2. The van der Waals surface area contributed by atoms with Crippen molar-refractivity contribution in [2.24, 2.45) is 0 Å². The second-order valence-electron chi connectivity index (χ2n) is 2.66. The molecule has 2 aromatic rings. The number of rotatable bonds is 1. The highest BCUT2D eigenvalue weighted by Crippen LogP contribution is 2.28. The van der Waals surface area contributed by atoms with Crippen LogP contribution >= 0.6 is 15.9 Å². The number of hydrogen-bond donors (Lipinski definition) is 2. The standard InChI is InChI=1S/C8H4BrFN2O2/c9-6-3(10)1-2-4-5(6)7(8(13)14)12-11-4/h1-2H,(H,11,12)(H,13,14). The summed E-state index contributed by atoms with van der Waals surface area (Å²) in [4.78, 5) is 10.7. The molecular weight excluding hydrogens is 255 g/mol. The molecule has 6 heteroatoms. The molecule has 2 rings (SSSR count). The van der Waals surface area contributed by atoms with Gasteiger partial charge in [0.15, 0.2) is 5.69 Å². The second kappa shape index (κ2) is 3.06. The Morgan fingerprint density at radius 2 is 2.29 bits per heavy atom. The van der Waals surface area contributed by atoms with Crippen molar-refractivity contribution in [2.75, 3.05) is 0 Å². The molecule has 14 heavy (non-hydrogen) atoms. The number of aromatic nitrogens is 2. The molecule has 72 valence electrons. The fourth-order valence-electron chi connectivity index (χ4n) is 1.20. The van der Waals surface area contributed by atoms with E-state index in [9.17, 15) is 9.18 Å². The molecule has 0 atom stereocenters. The number of nitrogens with zero attached hydrogens (tertiary/aromatic N) is 1. The molecule has 0 saturated carbocycles. The highest BCUT2D eigenvalue weighted by Gasteiger charge is 2.17. The molecule has 0 unspecified atom stereocenters. The lowest BCUT2D eigenvalue weighted by molar-refractivity contribution is 0.0692. The van der Waals surface area contributed by atoms with Crippen molar-refractivity contribution in [1.29, 1.82) is 0 Å². The fourth-order valence-corrected chi connectivity index (χ4v) is 1.74. The third-order valence-electron chi connectivity index (χ3n) is 1.82. The minimum Gasteiger partial charge on any atom is -0.476 e. The average Bonchev–Trinajstić information content (AvgIpc) is 2.55. The first kappa shape index (κ1) is 9.14. The van der Waals surface area contributed by atoms with Crippen molar-refractivity contribution in [3.63, 3.8) is 0 Å². The van der Waals surface area contributed by atoms with Crippen molar-refractivity contribution in [2.45, 2.75) is 0 Å². The van der Waals surface area contributed by atoms with Crippen LogP contribution in [0.5, 0.6) is 0 Å². The summed E-state index contributed by atoms with van der Waals surface area (Å²) < 4.78 is 13.2. The van der Waals surface area contributed by atoms with E-state index in [4.69, 9.17) is 5.11 Å². The molecule has 2 N–H and O–H groups in total. The van der Waals surface area contributed by atoms with Crippen LogP contribution in [0.1, 0.15) is 10.5 Å². The number of fused-ring (bicyclic) bond motifs is 1. The number of halogens is 2. The van der Waals surface area contributed by atoms with Crippen LogP contribution in [0.2, 0.25) is 0 Å². The molecular formula is C8H4BrFN2O2. The van der Waals surface area contributed by atoms with Gasteiger partial charge in [0.25, 0.3) is 0 Å². The van der Waals surface area contributed by atoms with Gasteiger partial charge < -0.3 is 5.11 Å². The van der Waals surface area contributed by atoms with E-state index < -0.39 is 11.8 Å². The predicted molar refractivity (Wildman–Crippen MR) is 50.7 cm³/mol. The lowest BCUT2D eigenvalue weighted by Gasteiger charge is -1.96. The van der Waals surface area contributed by atoms with Crippen molar-refractivity contribution < 1.29 is 14.3 Å². The first-order chi connectivity index (χ1) is 6.61. The normalized spacial score (nSPS) is 10.7. The van der Waals surface area contributed by atoms with Crippen molar-refractivity contribution in [1.82, 2.24) is 10.2 Å². The number of carboxylic acids is 1. The first-order valence-corrected chi connectivity index (χ1v) is 4.46. The zero-order valence-corrected chi connectivity index (χ0v) is 8.30. The van der Waals surface area contributed by atoms with Gasteiger partial charge >= 0.3 is 5.97 Å². The Labute approximate surface area is 85.9 Å². The first-order valence-electron chi connectivity index (χ1n) is 3.66. The molecule has 0 saturated heterocycles. The highest BCUT2D eigenvalue weighted by atomic mass is 79.9. The van der Waals surface area contributed by atoms with Gasteiger partial charge in [0.05, 0.1) is 15.4 Å². The van der Waals surface area contributed by atoms with Crippen molar-refractivity contribution >= 4 is 32.8 Å². The quantitative estimate of drug-likeness (QED) is 0.824. The van der Waals surface area contributed by atoms with Crippen LogP contribution < -0.4 is 0 Å². The molecule has 1 heterocycles. The predicted octanol–water partition coefficient (Wildman–Crippen LogP) is 2.16. The maximum atomic E-state index is 13.1. The van der Waals surface area contributed by atoms with E-state index >= 15 is 0 Å². The summed E-state index contributed by atoms with van der Waals surface area (Å²) in [5.74, 6) is -1.70. The molecule has 0 aliphatic rings. The van der Waals surface area contributed by atoms with Crippen LogP contribution in [0.15, 0.2) is 16.6 Å². The van der Waals surface area contributed by atoms with Crippen molar-refractivity contribution in [3.8, 4) is 0 Å². The van der Waals surface area contributed by atoms with E-state index in [-0.39, 0.29) is 15.6 Å². The molecule has 0 aliphatic heterocycles. The Morgan fingerprint density at radius 1 is 1.57 bits per heavy atom. The molecule has 0 fully saturated rings. The monoisotopic (exact) mass is 258 g/mol. The summed E-state index contributed by atoms with van der Waals surface area (Å²) >= 11 is 2.98. The maximum absolute atomic E-state index is 13.1. The Hall–Kier alpha value is -1.43. The number of carbonyl (C=O) groups is 1. The summed E-state index contributed by atoms with van der Waals surface area (Å²) in [6.07, 6.45) is 0. The molecule has 1 aromatic carbocycles. The zero-order valence-electron chi connectivity index (χ0n) is 6.71. The number of H-pyrrole nitrogens is 1. The SMILES string of the molecule is O=C(O)c1n[nH]c2ccc(F)c(Br)c12. The number of nitrogens with one attached hydrogen (secondary N) is 1. The number of aromatic carboxylic acids is 1. The van der Waals surface area contributed by atoms with E-state index in [2.05, 4.69) is 26.1 Å². The van der Waals surface area contributed by atoms with E-state index in [1.54, 1.807) is 0 Å². The molecule has 0 radical (unpaired) electrons. The summed E-state index contributed by atoms with van der Waals surface area (Å²) in [6, 6.07) is 2.67. The van der Waals surface area contributed by atoms with Gasteiger partial charge in [-0.05, 0) is 28.1 Å². The Bertz CT molecular complexity index is 523. The van der Waals surface area contributed by atoms with Crippen LogP contribution in [-0.4, -0.2) is 21.3 Å². The molecule has 0 spiro atoms. The van der Waals surface area contributed by atoms with Crippen LogP contribution in [0.25, 0.3) is 10.9 Å². The largest absolute Gasteiger partial charge is 0.476 e. The number of carboxylic acid groups (broad SMARTS) is 1. The van der Waals surface area contributed by atoms with Gasteiger partial charge in [-0.25, -0.2) is 9.18 Å². The van der Waals surface area contributed by atoms with Gasteiger partial charge in [-0.15, -0.1) is 0 Å². The smallest absolute Gasteiger partial charge is 0.357 e. The Morgan fingerprint density at radius 3 is 2.93 bits per heavy atom. The lowest BCUT2D eigenvalue weighted by Crippen LogP contribution is -1.97. The minimum absolute atomic E-state index is 0.112. The van der Waals surface area contributed by atoms with E-state index in [0.29, 0.717) is 5.52 Å². The molecule has 4 nitrogen and oxygen atoms in total. The van der Waals surface area contributed by atoms with E-state index in [0.717, 1.165) is 0 Å². The summed E-state index contributed by atoms with van der Waals surface area (Å²) in [6.45, 7) is 0. The summed E-state index contributed by atoms with van der Waals surface area (Å²) in [7, 11) is 0. The summed E-state index contributed by atoms with van der Waals surface area (Å²) in [5.41, 5.74) is 0.294.